The van der Waals surface area contributed by atoms with Crippen molar-refractivity contribution in [1.82, 2.24) is 0 Å². The van der Waals surface area contributed by atoms with Crippen molar-refractivity contribution in [2.45, 2.75) is 27.8 Å². The minimum Gasteiger partial charge on any atom is -0.398 e. The maximum atomic E-state index is 12.7. The zero-order chi connectivity index (χ0) is 19.2. The van der Waals surface area contributed by atoms with E-state index in [-0.39, 0.29) is 0 Å². The van der Waals surface area contributed by atoms with Crippen molar-refractivity contribution in [1.29, 1.82) is 0 Å². The molecule has 0 heterocycles. The van der Waals surface area contributed by atoms with Gasteiger partial charge in [-0.15, -0.1) is 0 Å². The van der Waals surface area contributed by atoms with E-state index in [2.05, 4.69) is 0 Å². The molecule has 2 rings (SSSR count). The van der Waals surface area contributed by atoms with E-state index in [0.29, 0.717) is 23.8 Å². The molecule has 0 aliphatic heterocycles. The van der Waals surface area contributed by atoms with Gasteiger partial charge < -0.3 is 5.73 Å². The number of anilines is 1. The molecular formula is C14H13F3N2O4S2. The molecule has 0 aliphatic carbocycles. The van der Waals surface area contributed by atoms with Crippen molar-refractivity contribution >= 4 is 25.5 Å². The molecule has 0 unspecified atom stereocenters. The highest BCUT2D eigenvalue weighted by atomic mass is 32.2. The number of aryl methyl sites for hydroxylation is 1. The Labute approximate surface area is 142 Å². The normalized spacial score (nSPS) is 13.0. The molecule has 25 heavy (non-hydrogen) atoms. The standard InChI is InChI=1S/C14H13F3N2O4S2/c1-8-2-5-12(25(19,22)23)13(6-8)24(20,21)9-3-4-10(11(18)7-9)14(15,16)17/h2-7H,18H2,1H3,(H2,19,22,23). The molecule has 0 spiro atoms. The van der Waals surface area contributed by atoms with E-state index in [0.717, 1.165) is 12.1 Å². The number of hydrogen-bond donors (Lipinski definition) is 2. The van der Waals surface area contributed by atoms with Crippen molar-refractivity contribution in [2.75, 3.05) is 5.73 Å². The Morgan fingerprint density at radius 2 is 1.52 bits per heavy atom. The fourth-order valence-electron chi connectivity index (χ4n) is 2.15. The number of hydrogen-bond acceptors (Lipinski definition) is 5. The Morgan fingerprint density at radius 3 is 2.00 bits per heavy atom. The van der Waals surface area contributed by atoms with Gasteiger partial charge in [0, 0.05) is 5.69 Å². The van der Waals surface area contributed by atoms with Gasteiger partial charge in [-0.05, 0) is 42.8 Å². The molecule has 0 aliphatic rings. The predicted octanol–water partition coefficient (Wildman–Crippen LogP) is 2.08. The van der Waals surface area contributed by atoms with Crippen molar-refractivity contribution in [2.24, 2.45) is 5.14 Å². The largest absolute Gasteiger partial charge is 0.418 e. The number of rotatable bonds is 3. The van der Waals surface area contributed by atoms with E-state index in [1.165, 1.54) is 13.0 Å². The summed E-state index contributed by atoms with van der Waals surface area (Å²) in [5.41, 5.74) is 3.75. The Morgan fingerprint density at radius 1 is 0.920 bits per heavy atom. The third kappa shape index (κ3) is 3.78. The van der Waals surface area contributed by atoms with Crippen LogP contribution >= 0.6 is 0 Å². The van der Waals surface area contributed by atoms with Gasteiger partial charge in [0.15, 0.2) is 0 Å². The van der Waals surface area contributed by atoms with E-state index in [1.807, 2.05) is 0 Å². The Balaban J connectivity index is 2.73. The minimum atomic E-state index is -4.75. The van der Waals surface area contributed by atoms with Gasteiger partial charge in [0.25, 0.3) is 0 Å². The van der Waals surface area contributed by atoms with Gasteiger partial charge in [0.05, 0.1) is 15.4 Å². The average Bonchev–Trinajstić information content (AvgIpc) is 2.44. The third-order valence-electron chi connectivity index (χ3n) is 3.33. The number of nitrogens with two attached hydrogens (primary N) is 2. The van der Waals surface area contributed by atoms with Gasteiger partial charge in [-0.2, -0.15) is 13.2 Å². The summed E-state index contributed by atoms with van der Waals surface area (Å²) < 4.78 is 86.9. The molecule has 4 N–H and O–H groups in total. The molecule has 0 saturated carbocycles. The van der Waals surface area contributed by atoms with Crippen LogP contribution in [0, 0.1) is 6.92 Å². The number of nitrogen functional groups attached to an aromatic ring is 1. The summed E-state index contributed by atoms with van der Waals surface area (Å²) in [7, 11) is -8.84. The smallest absolute Gasteiger partial charge is 0.398 e. The second-order valence-corrected chi connectivity index (χ2v) is 8.69. The summed E-state index contributed by atoms with van der Waals surface area (Å²) in [6.45, 7) is 1.52. The van der Waals surface area contributed by atoms with Crippen molar-refractivity contribution in [3.05, 3.63) is 47.5 Å². The van der Waals surface area contributed by atoms with E-state index < -0.39 is 52.0 Å². The minimum absolute atomic E-state index is 0.422. The molecule has 2 aromatic rings. The highest BCUT2D eigenvalue weighted by Gasteiger charge is 2.34. The van der Waals surface area contributed by atoms with E-state index >= 15 is 0 Å². The van der Waals surface area contributed by atoms with Gasteiger partial charge in [-0.3, -0.25) is 0 Å². The Kier molecular flexibility index (Phi) is 4.61. The van der Waals surface area contributed by atoms with Crippen LogP contribution in [-0.4, -0.2) is 16.8 Å². The van der Waals surface area contributed by atoms with Crippen LogP contribution < -0.4 is 10.9 Å². The van der Waals surface area contributed by atoms with E-state index in [1.54, 1.807) is 0 Å². The van der Waals surface area contributed by atoms with Crippen LogP contribution in [0.25, 0.3) is 0 Å². The molecule has 0 amide bonds. The van der Waals surface area contributed by atoms with Crippen LogP contribution in [0.4, 0.5) is 18.9 Å². The first-order valence-electron chi connectivity index (χ1n) is 6.60. The number of primary sulfonamides is 1. The first-order chi connectivity index (χ1) is 11.2. The van der Waals surface area contributed by atoms with Gasteiger partial charge in [-0.25, -0.2) is 22.0 Å². The Bertz CT molecular complexity index is 1050. The third-order valence-corrected chi connectivity index (χ3v) is 6.22. The summed E-state index contributed by atoms with van der Waals surface area (Å²) in [4.78, 5) is -1.86. The predicted molar refractivity (Wildman–Crippen MR) is 83.9 cm³/mol. The summed E-state index contributed by atoms with van der Waals surface area (Å²) >= 11 is 0. The Hall–Kier alpha value is -2.11. The molecule has 0 aromatic heterocycles. The maximum Gasteiger partial charge on any atom is 0.418 e. The summed E-state index contributed by atoms with van der Waals surface area (Å²) in [6, 6.07) is 5.31. The van der Waals surface area contributed by atoms with Crippen LogP contribution in [0.2, 0.25) is 0 Å². The van der Waals surface area contributed by atoms with Crippen LogP contribution in [-0.2, 0) is 26.0 Å². The maximum absolute atomic E-state index is 12.7. The van der Waals surface area contributed by atoms with Gasteiger partial charge in [0.2, 0.25) is 19.9 Å². The summed E-state index contributed by atoms with van der Waals surface area (Å²) in [5, 5.41) is 5.03. The molecule has 2 aromatic carbocycles. The first-order valence-corrected chi connectivity index (χ1v) is 9.63. The van der Waals surface area contributed by atoms with Crippen molar-refractivity contribution < 1.29 is 30.0 Å². The highest BCUT2D eigenvalue weighted by Crippen LogP contribution is 2.36. The number of alkyl halides is 3. The second kappa shape index (κ2) is 6.00. The fraction of sp³-hybridized carbons (Fsp3) is 0.143. The lowest BCUT2D eigenvalue weighted by atomic mass is 10.2. The molecular weight excluding hydrogens is 381 g/mol. The van der Waals surface area contributed by atoms with Gasteiger partial charge in [-0.1, -0.05) is 6.07 Å². The second-order valence-electron chi connectivity index (χ2n) is 5.25. The SMILES string of the molecule is Cc1ccc(S(N)(=O)=O)c(S(=O)(=O)c2ccc(C(F)(F)F)c(N)c2)c1. The molecule has 0 saturated heterocycles. The van der Waals surface area contributed by atoms with Gasteiger partial charge >= 0.3 is 6.18 Å². The van der Waals surface area contributed by atoms with E-state index in [9.17, 15) is 30.0 Å². The number of benzene rings is 2. The van der Waals surface area contributed by atoms with Crippen LogP contribution in [0.15, 0.2) is 51.1 Å². The average molecular weight is 394 g/mol. The zero-order valence-corrected chi connectivity index (χ0v) is 14.3. The van der Waals surface area contributed by atoms with Crippen LogP contribution in [0.1, 0.15) is 11.1 Å². The number of halogens is 3. The van der Waals surface area contributed by atoms with Crippen molar-refractivity contribution in [3.63, 3.8) is 0 Å². The lowest BCUT2D eigenvalue weighted by molar-refractivity contribution is -0.136. The van der Waals surface area contributed by atoms with Crippen LogP contribution in [0.3, 0.4) is 0 Å². The van der Waals surface area contributed by atoms with Gasteiger partial charge in [0.1, 0.15) is 4.90 Å². The lowest BCUT2D eigenvalue weighted by Gasteiger charge is -2.13. The number of sulfone groups is 1. The lowest BCUT2D eigenvalue weighted by Crippen LogP contribution is -2.17. The molecule has 0 bridgehead atoms. The molecule has 0 atom stereocenters. The molecule has 136 valence electrons. The fourth-order valence-corrected chi connectivity index (χ4v) is 4.89. The topological polar surface area (TPSA) is 120 Å². The number of sulfonamides is 1. The highest BCUT2D eigenvalue weighted by molar-refractivity contribution is 7.93. The molecule has 11 heteroatoms. The summed E-state index contributed by atoms with van der Waals surface area (Å²) in [6.07, 6.45) is -4.75. The quantitative estimate of drug-likeness (QED) is 0.772. The molecule has 0 fully saturated rings. The van der Waals surface area contributed by atoms with Crippen LogP contribution in [0.5, 0.6) is 0 Å². The monoisotopic (exact) mass is 394 g/mol. The first kappa shape index (κ1) is 19.2. The zero-order valence-electron chi connectivity index (χ0n) is 12.7. The summed E-state index contributed by atoms with van der Waals surface area (Å²) in [5.74, 6) is 0. The molecule has 6 nitrogen and oxygen atoms in total. The molecule has 0 radical (unpaired) electrons. The van der Waals surface area contributed by atoms with Crippen molar-refractivity contribution in [3.8, 4) is 0 Å². The van der Waals surface area contributed by atoms with E-state index in [4.69, 9.17) is 10.9 Å².